The zero-order valence-electron chi connectivity index (χ0n) is 11.1. The number of piperazine rings is 1. The van der Waals surface area contributed by atoms with Gasteiger partial charge in [0.1, 0.15) is 0 Å². The Balaban J connectivity index is 1.51. The molecule has 2 rings (SSSR count). The van der Waals surface area contributed by atoms with Gasteiger partial charge < -0.3 is 15.5 Å². The maximum absolute atomic E-state index is 11.7. The molecule has 0 bridgehead atoms. The van der Waals surface area contributed by atoms with Crippen LogP contribution in [-0.4, -0.2) is 55.8 Å². The Kier molecular flexibility index (Phi) is 5.33. The monoisotopic (exact) mass is 271 g/mol. The van der Waals surface area contributed by atoms with Gasteiger partial charge in [-0.25, -0.2) is 0 Å². The van der Waals surface area contributed by atoms with Crippen LogP contribution < -0.4 is 10.6 Å². The molecule has 4 nitrogen and oxygen atoms in total. The highest BCUT2D eigenvalue weighted by molar-refractivity contribution is 7.80. The molecule has 104 valence electrons. The number of nitrogens with one attached hydrogen (secondary N) is 2. The van der Waals surface area contributed by atoms with Gasteiger partial charge in [-0.3, -0.25) is 4.79 Å². The molecule has 2 fully saturated rings. The van der Waals surface area contributed by atoms with Crippen molar-refractivity contribution in [3.63, 3.8) is 0 Å². The fourth-order valence-corrected chi connectivity index (χ4v) is 2.86. The van der Waals surface area contributed by atoms with Crippen molar-refractivity contribution in [2.45, 2.75) is 25.7 Å². The van der Waals surface area contributed by atoms with E-state index in [1.807, 2.05) is 0 Å². The molecule has 0 aromatic carbocycles. The van der Waals surface area contributed by atoms with Gasteiger partial charge in [-0.2, -0.15) is 12.6 Å². The number of rotatable bonds is 7. The zero-order valence-corrected chi connectivity index (χ0v) is 12.0. The maximum Gasteiger partial charge on any atom is 0.220 e. The summed E-state index contributed by atoms with van der Waals surface area (Å²) in [5, 5.41) is 6.38. The van der Waals surface area contributed by atoms with Crippen LogP contribution in [0.3, 0.4) is 0 Å². The van der Waals surface area contributed by atoms with Crippen LogP contribution in [0.25, 0.3) is 0 Å². The minimum absolute atomic E-state index is 0.210. The standard InChI is InChI=1S/C13H25N3OS/c17-12(10-13(11-18)2-3-13)15-4-1-7-16-8-5-14-6-9-16/h14,18H,1-11H2,(H,15,17). The number of hydrogen-bond donors (Lipinski definition) is 3. The fourth-order valence-electron chi connectivity index (χ4n) is 2.44. The van der Waals surface area contributed by atoms with Crippen LogP contribution in [0.4, 0.5) is 0 Å². The number of amides is 1. The van der Waals surface area contributed by atoms with Gasteiger partial charge in [0.05, 0.1) is 0 Å². The quantitative estimate of drug-likeness (QED) is 0.467. The molecule has 1 saturated carbocycles. The van der Waals surface area contributed by atoms with Crippen molar-refractivity contribution in [2.75, 3.05) is 45.0 Å². The molecule has 1 amide bonds. The Bertz CT molecular complexity index is 275. The molecular weight excluding hydrogens is 246 g/mol. The molecule has 0 radical (unpaired) electrons. The molecule has 1 saturated heterocycles. The van der Waals surface area contributed by atoms with Gasteiger partial charge in [-0.1, -0.05) is 0 Å². The lowest BCUT2D eigenvalue weighted by molar-refractivity contribution is -0.122. The predicted octanol–water partition coefficient (Wildman–Crippen LogP) is 0.498. The summed E-state index contributed by atoms with van der Waals surface area (Å²) >= 11 is 4.32. The highest BCUT2D eigenvalue weighted by Gasteiger charge is 2.42. The smallest absolute Gasteiger partial charge is 0.220 e. The normalized spacial score (nSPS) is 22.7. The SMILES string of the molecule is O=C(CC1(CS)CC1)NCCCN1CCNCC1. The van der Waals surface area contributed by atoms with Gasteiger partial charge in [-0.05, 0) is 37.0 Å². The molecule has 18 heavy (non-hydrogen) atoms. The van der Waals surface area contributed by atoms with Crippen LogP contribution in [0.15, 0.2) is 0 Å². The van der Waals surface area contributed by atoms with Crippen molar-refractivity contribution in [3.05, 3.63) is 0 Å². The molecule has 5 heteroatoms. The largest absolute Gasteiger partial charge is 0.356 e. The molecule has 0 aromatic rings. The van der Waals surface area contributed by atoms with Crippen molar-refractivity contribution in [3.8, 4) is 0 Å². The molecule has 2 N–H and O–H groups in total. The summed E-state index contributed by atoms with van der Waals surface area (Å²) < 4.78 is 0. The van der Waals surface area contributed by atoms with Crippen LogP contribution in [0.1, 0.15) is 25.7 Å². The van der Waals surface area contributed by atoms with Gasteiger partial charge in [0.25, 0.3) is 0 Å². The Labute approximate surface area is 115 Å². The number of carbonyl (C=O) groups excluding carboxylic acids is 1. The number of carbonyl (C=O) groups is 1. The first kappa shape index (κ1) is 14.2. The van der Waals surface area contributed by atoms with E-state index in [1.54, 1.807) is 0 Å². The van der Waals surface area contributed by atoms with Crippen LogP contribution in [-0.2, 0) is 4.79 Å². The van der Waals surface area contributed by atoms with Crippen molar-refractivity contribution >= 4 is 18.5 Å². The summed E-state index contributed by atoms with van der Waals surface area (Å²) in [4.78, 5) is 14.2. The van der Waals surface area contributed by atoms with E-state index in [4.69, 9.17) is 0 Å². The second-order valence-corrected chi connectivity index (χ2v) is 5.95. The van der Waals surface area contributed by atoms with E-state index >= 15 is 0 Å². The van der Waals surface area contributed by atoms with Gasteiger partial charge in [0.15, 0.2) is 0 Å². The van der Waals surface area contributed by atoms with E-state index in [2.05, 4.69) is 28.2 Å². The topological polar surface area (TPSA) is 44.4 Å². The van der Waals surface area contributed by atoms with E-state index < -0.39 is 0 Å². The number of thiol groups is 1. The summed E-state index contributed by atoms with van der Waals surface area (Å²) in [5.74, 6) is 1.06. The molecule has 0 unspecified atom stereocenters. The lowest BCUT2D eigenvalue weighted by atomic mass is 10.1. The molecule has 0 spiro atoms. The molecule has 1 aliphatic carbocycles. The Morgan fingerprint density at radius 3 is 2.67 bits per heavy atom. The minimum Gasteiger partial charge on any atom is -0.356 e. The van der Waals surface area contributed by atoms with Crippen molar-refractivity contribution in [1.29, 1.82) is 0 Å². The van der Waals surface area contributed by atoms with Crippen molar-refractivity contribution in [1.82, 2.24) is 15.5 Å². The van der Waals surface area contributed by atoms with Crippen LogP contribution in [0, 0.1) is 5.41 Å². The summed E-state index contributed by atoms with van der Waals surface area (Å²) in [6, 6.07) is 0. The van der Waals surface area contributed by atoms with Crippen LogP contribution >= 0.6 is 12.6 Å². The lowest BCUT2D eigenvalue weighted by Crippen LogP contribution is -2.44. The van der Waals surface area contributed by atoms with Gasteiger partial charge >= 0.3 is 0 Å². The average molecular weight is 271 g/mol. The Hall–Kier alpha value is -0.260. The average Bonchev–Trinajstić information content (AvgIpc) is 3.16. The molecule has 0 atom stereocenters. The summed E-state index contributed by atoms with van der Waals surface area (Å²) in [6.45, 7) is 6.37. The minimum atomic E-state index is 0.210. The molecule has 2 aliphatic rings. The lowest BCUT2D eigenvalue weighted by Gasteiger charge is -2.27. The van der Waals surface area contributed by atoms with E-state index in [0.717, 1.165) is 51.4 Å². The fraction of sp³-hybridized carbons (Fsp3) is 0.923. The Morgan fingerprint density at radius 2 is 2.06 bits per heavy atom. The van der Waals surface area contributed by atoms with Gasteiger partial charge in [0.2, 0.25) is 5.91 Å². The highest BCUT2D eigenvalue weighted by Crippen LogP contribution is 2.49. The number of hydrogen-bond acceptors (Lipinski definition) is 4. The van der Waals surface area contributed by atoms with E-state index in [1.165, 1.54) is 12.8 Å². The first-order valence-corrected chi connectivity index (χ1v) is 7.68. The van der Waals surface area contributed by atoms with Crippen LogP contribution in [0.2, 0.25) is 0 Å². The predicted molar refractivity (Wildman–Crippen MR) is 77.1 cm³/mol. The van der Waals surface area contributed by atoms with Gasteiger partial charge in [-0.15, -0.1) is 0 Å². The first-order valence-electron chi connectivity index (χ1n) is 7.05. The third-order valence-electron chi connectivity index (χ3n) is 4.01. The summed E-state index contributed by atoms with van der Waals surface area (Å²) in [7, 11) is 0. The Morgan fingerprint density at radius 1 is 1.33 bits per heavy atom. The molecule has 0 aromatic heterocycles. The first-order chi connectivity index (χ1) is 8.74. The third kappa shape index (κ3) is 4.44. The maximum atomic E-state index is 11.7. The highest BCUT2D eigenvalue weighted by atomic mass is 32.1. The van der Waals surface area contributed by atoms with Gasteiger partial charge in [0, 0.05) is 39.1 Å². The molecular formula is C13H25N3OS. The second-order valence-electron chi connectivity index (χ2n) is 5.63. The second kappa shape index (κ2) is 6.78. The zero-order chi connectivity index (χ0) is 12.8. The van der Waals surface area contributed by atoms with E-state index in [0.29, 0.717) is 6.42 Å². The van der Waals surface area contributed by atoms with E-state index in [9.17, 15) is 4.79 Å². The number of nitrogens with zero attached hydrogens (tertiary/aromatic N) is 1. The molecule has 1 aliphatic heterocycles. The summed E-state index contributed by atoms with van der Waals surface area (Å²) in [6.07, 6.45) is 4.07. The van der Waals surface area contributed by atoms with Crippen molar-refractivity contribution in [2.24, 2.45) is 5.41 Å². The summed E-state index contributed by atoms with van der Waals surface area (Å²) in [5.41, 5.74) is 0.242. The third-order valence-corrected chi connectivity index (χ3v) is 4.68. The van der Waals surface area contributed by atoms with Crippen LogP contribution in [0.5, 0.6) is 0 Å². The van der Waals surface area contributed by atoms with Crippen molar-refractivity contribution < 1.29 is 4.79 Å². The molecule has 1 heterocycles. The van der Waals surface area contributed by atoms with E-state index in [-0.39, 0.29) is 11.3 Å².